The van der Waals surface area contributed by atoms with E-state index in [4.69, 9.17) is 4.74 Å². The Hall–Kier alpha value is -1.17. The van der Waals surface area contributed by atoms with Crippen LogP contribution in [0.3, 0.4) is 0 Å². The largest absolute Gasteiger partial charge is 0.383 e. The summed E-state index contributed by atoms with van der Waals surface area (Å²) in [5.74, 6) is 0. The van der Waals surface area contributed by atoms with Gasteiger partial charge in [-0.15, -0.1) is 11.3 Å². The smallest absolute Gasteiger partial charge is 0.0641 e. The van der Waals surface area contributed by atoms with E-state index >= 15 is 0 Å². The van der Waals surface area contributed by atoms with Gasteiger partial charge in [-0.1, -0.05) is 6.07 Å². The number of nitrogens with one attached hydrogen (secondary N) is 1. The highest BCUT2D eigenvalue weighted by Crippen LogP contribution is 2.15. The first-order valence-corrected chi connectivity index (χ1v) is 7.85. The van der Waals surface area contributed by atoms with Crippen molar-refractivity contribution in [3.63, 3.8) is 0 Å². The van der Waals surface area contributed by atoms with E-state index in [1.54, 1.807) is 7.11 Å². The number of aryl methyl sites for hydroxylation is 3. The molecule has 5 heteroatoms. The molecule has 0 bridgehead atoms. The van der Waals surface area contributed by atoms with Crippen LogP contribution in [0, 0.1) is 13.8 Å². The lowest BCUT2D eigenvalue weighted by atomic mass is 10.2. The van der Waals surface area contributed by atoms with Crippen LogP contribution in [0.4, 0.5) is 0 Å². The molecule has 0 aliphatic carbocycles. The van der Waals surface area contributed by atoms with Crippen LogP contribution in [0.5, 0.6) is 0 Å². The summed E-state index contributed by atoms with van der Waals surface area (Å²) in [5.41, 5.74) is 3.70. The predicted octanol–water partition coefficient (Wildman–Crippen LogP) is 2.54. The normalized spacial score (nSPS) is 11.2. The van der Waals surface area contributed by atoms with Gasteiger partial charge in [-0.2, -0.15) is 5.10 Å². The molecule has 0 aliphatic heterocycles. The molecule has 0 amide bonds. The Morgan fingerprint density at radius 1 is 1.40 bits per heavy atom. The monoisotopic (exact) mass is 293 g/mol. The van der Waals surface area contributed by atoms with E-state index in [0.717, 1.165) is 38.4 Å². The minimum atomic E-state index is 0.741. The Labute approximate surface area is 124 Å². The van der Waals surface area contributed by atoms with Crippen LogP contribution in [-0.4, -0.2) is 30.0 Å². The minimum absolute atomic E-state index is 0.741. The molecule has 2 heterocycles. The van der Waals surface area contributed by atoms with Gasteiger partial charge in [-0.3, -0.25) is 4.68 Å². The van der Waals surface area contributed by atoms with Crippen LogP contribution < -0.4 is 5.32 Å². The number of aromatic nitrogens is 2. The number of thiophene rings is 1. The third-order valence-corrected chi connectivity index (χ3v) is 4.40. The van der Waals surface area contributed by atoms with Gasteiger partial charge in [0.15, 0.2) is 0 Å². The van der Waals surface area contributed by atoms with Crippen LogP contribution in [0.25, 0.3) is 0 Å². The van der Waals surface area contributed by atoms with Crippen molar-refractivity contribution < 1.29 is 4.74 Å². The second-order valence-corrected chi connectivity index (χ2v) is 5.90. The maximum atomic E-state index is 5.04. The summed E-state index contributed by atoms with van der Waals surface area (Å²) in [7, 11) is 1.72. The molecule has 0 saturated carbocycles. The third kappa shape index (κ3) is 3.91. The minimum Gasteiger partial charge on any atom is -0.383 e. The summed E-state index contributed by atoms with van der Waals surface area (Å²) in [6.07, 6.45) is 1.05. The zero-order chi connectivity index (χ0) is 14.4. The molecule has 0 radical (unpaired) electrons. The van der Waals surface area contributed by atoms with E-state index in [9.17, 15) is 0 Å². The molecule has 1 N–H and O–H groups in total. The lowest BCUT2D eigenvalue weighted by Gasteiger charge is -2.06. The Bertz CT molecular complexity index is 519. The zero-order valence-electron chi connectivity index (χ0n) is 12.5. The van der Waals surface area contributed by atoms with Crippen LogP contribution in [-0.2, 0) is 24.2 Å². The number of ether oxygens (including phenoxy) is 1. The molecule has 2 aromatic rings. The van der Waals surface area contributed by atoms with Gasteiger partial charge >= 0.3 is 0 Å². The van der Waals surface area contributed by atoms with Crippen LogP contribution in [0.2, 0.25) is 0 Å². The van der Waals surface area contributed by atoms with E-state index in [1.165, 1.54) is 16.1 Å². The highest BCUT2D eigenvalue weighted by atomic mass is 32.1. The lowest BCUT2D eigenvalue weighted by molar-refractivity contribution is 0.199. The quantitative estimate of drug-likeness (QED) is 0.760. The first kappa shape index (κ1) is 15.2. The fraction of sp³-hybridized carbons (Fsp3) is 0.533. The molecule has 0 fully saturated rings. The van der Waals surface area contributed by atoms with Crippen molar-refractivity contribution in [2.75, 3.05) is 20.3 Å². The predicted molar refractivity (Wildman–Crippen MR) is 83.3 cm³/mol. The van der Waals surface area contributed by atoms with Crippen LogP contribution in [0.15, 0.2) is 17.5 Å². The highest BCUT2D eigenvalue weighted by molar-refractivity contribution is 7.09. The van der Waals surface area contributed by atoms with Crippen molar-refractivity contribution in [1.29, 1.82) is 0 Å². The van der Waals surface area contributed by atoms with Gasteiger partial charge in [0.25, 0.3) is 0 Å². The molecule has 110 valence electrons. The van der Waals surface area contributed by atoms with E-state index in [-0.39, 0.29) is 0 Å². The fourth-order valence-electron chi connectivity index (χ4n) is 2.27. The number of hydrogen-bond donors (Lipinski definition) is 1. The molecule has 0 atom stereocenters. The number of methoxy groups -OCH3 is 1. The Balaban J connectivity index is 1.93. The van der Waals surface area contributed by atoms with Gasteiger partial charge in [-0.25, -0.2) is 0 Å². The molecule has 0 unspecified atom stereocenters. The molecule has 0 saturated heterocycles. The average Bonchev–Trinajstić information content (AvgIpc) is 3.03. The fourth-order valence-corrected chi connectivity index (χ4v) is 2.96. The maximum Gasteiger partial charge on any atom is 0.0641 e. The number of nitrogens with zero attached hydrogens (tertiary/aromatic N) is 2. The molecule has 0 aliphatic rings. The second-order valence-electron chi connectivity index (χ2n) is 4.87. The topological polar surface area (TPSA) is 39.1 Å². The molecule has 20 heavy (non-hydrogen) atoms. The number of rotatable bonds is 8. The molecular weight excluding hydrogens is 270 g/mol. The van der Waals surface area contributed by atoms with Crippen molar-refractivity contribution in [2.24, 2.45) is 0 Å². The van der Waals surface area contributed by atoms with Crippen LogP contribution in [0.1, 0.15) is 21.8 Å². The first-order valence-electron chi connectivity index (χ1n) is 6.97. The molecule has 0 spiro atoms. The maximum absolute atomic E-state index is 5.04. The van der Waals surface area contributed by atoms with Gasteiger partial charge < -0.3 is 10.1 Å². The van der Waals surface area contributed by atoms with Crippen molar-refractivity contribution in [1.82, 2.24) is 15.1 Å². The molecule has 2 rings (SSSR count). The van der Waals surface area contributed by atoms with Crippen molar-refractivity contribution in [3.8, 4) is 0 Å². The number of hydrogen-bond acceptors (Lipinski definition) is 4. The van der Waals surface area contributed by atoms with Crippen LogP contribution >= 0.6 is 11.3 Å². The van der Waals surface area contributed by atoms with Gasteiger partial charge in [0.05, 0.1) is 12.3 Å². The molecule has 2 aromatic heterocycles. The Morgan fingerprint density at radius 3 is 2.95 bits per heavy atom. The van der Waals surface area contributed by atoms with E-state index < -0.39 is 0 Å². The Kier molecular flexibility index (Phi) is 5.76. The Morgan fingerprint density at radius 2 is 2.25 bits per heavy atom. The summed E-state index contributed by atoms with van der Waals surface area (Å²) in [6, 6.07) is 4.29. The van der Waals surface area contributed by atoms with E-state index in [1.807, 2.05) is 11.3 Å². The standard InChI is InChI=1S/C15H23N3OS/c1-12-15(11-16-7-9-19-3)13(2)18(17-12)8-6-14-5-4-10-20-14/h4-5,10,16H,6-9,11H2,1-3H3. The van der Waals surface area contributed by atoms with Crippen molar-refractivity contribution in [2.45, 2.75) is 33.4 Å². The molecule has 4 nitrogen and oxygen atoms in total. The van der Waals surface area contributed by atoms with Gasteiger partial charge in [0, 0.05) is 49.3 Å². The van der Waals surface area contributed by atoms with E-state index in [0.29, 0.717) is 0 Å². The SMILES string of the molecule is COCCNCc1c(C)nn(CCc2cccs2)c1C. The van der Waals surface area contributed by atoms with Gasteiger partial charge in [-0.05, 0) is 25.3 Å². The summed E-state index contributed by atoms with van der Waals surface area (Å²) in [4.78, 5) is 1.41. The van der Waals surface area contributed by atoms with Crippen molar-refractivity contribution in [3.05, 3.63) is 39.3 Å². The summed E-state index contributed by atoms with van der Waals surface area (Å²) < 4.78 is 7.17. The second kappa shape index (κ2) is 7.57. The third-order valence-electron chi connectivity index (χ3n) is 3.47. The zero-order valence-corrected chi connectivity index (χ0v) is 13.3. The van der Waals surface area contributed by atoms with Gasteiger partial charge in [0.2, 0.25) is 0 Å². The molecule has 0 aromatic carbocycles. The summed E-state index contributed by atoms with van der Waals surface area (Å²) >= 11 is 1.81. The molecular formula is C15H23N3OS. The summed E-state index contributed by atoms with van der Waals surface area (Å²) in [6.45, 7) is 7.66. The lowest BCUT2D eigenvalue weighted by Crippen LogP contribution is -2.19. The average molecular weight is 293 g/mol. The summed E-state index contributed by atoms with van der Waals surface area (Å²) in [5, 5.41) is 10.2. The first-order chi connectivity index (χ1) is 9.72. The van der Waals surface area contributed by atoms with Gasteiger partial charge in [0.1, 0.15) is 0 Å². The van der Waals surface area contributed by atoms with Crippen molar-refractivity contribution >= 4 is 11.3 Å². The van der Waals surface area contributed by atoms with E-state index in [2.05, 4.69) is 46.5 Å². The highest BCUT2D eigenvalue weighted by Gasteiger charge is 2.11.